The molecule has 0 aliphatic heterocycles. The molecule has 0 saturated carbocycles. The third kappa shape index (κ3) is 9.31. The summed E-state index contributed by atoms with van der Waals surface area (Å²) >= 11 is 0. The number of methoxy groups -OCH3 is 6. The topological polar surface area (TPSA) is 55.4 Å². The van der Waals surface area contributed by atoms with E-state index in [1.165, 1.54) is 32.9 Å². The average molecular weight is 775 g/mol. The lowest BCUT2D eigenvalue weighted by Gasteiger charge is -2.30. The standard InChI is InChI=1S/C46H64O6P2/c1-43(2,3)31-23-29(24-32(41(31)51-17)44(4,5)6)53-37-21-27(47-13)19-35(49-15)39(37)40-36(50-16)20-28(48-14)22-38(40)54-30-25-33(45(7,8)9)42(52-18)34(26-30)46(10,11)12/h19-26,53-54H,1-18H3. The van der Waals surface area contributed by atoms with Crippen LogP contribution in [0.1, 0.15) is 105 Å². The van der Waals surface area contributed by atoms with Gasteiger partial charge in [0.05, 0.1) is 42.7 Å². The quantitative estimate of drug-likeness (QED) is 0.142. The monoisotopic (exact) mass is 774 g/mol. The van der Waals surface area contributed by atoms with Crippen molar-refractivity contribution in [3.8, 4) is 45.6 Å². The van der Waals surface area contributed by atoms with Gasteiger partial charge in [0.25, 0.3) is 0 Å². The summed E-state index contributed by atoms with van der Waals surface area (Å²) in [5.74, 6) is 4.80. The van der Waals surface area contributed by atoms with E-state index in [1.54, 1.807) is 42.7 Å². The Hall–Kier alpha value is -3.46. The molecule has 0 saturated heterocycles. The highest BCUT2D eigenvalue weighted by atomic mass is 31.1. The molecular formula is C46H64O6P2. The second kappa shape index (κ2) is 16.3. The molecule has 0 N–H and O–H groups in total. The van der Waals surface area contributed by atoms with Gasteiger partial charge in [0.2, 0.25) is 0 Å². The predicted octanol–water partition coefficient (Wildman–Crippen LogP) is 9.85. The zero-order valence-corrected chi connectivity index (χ0v) is 38.1. The van der Waals surface area contributed by atoms with Crippen LogP contribution in [0, 0.1) is 0 Å². The van der Waals surface area contributed by atoms with Crippen LogP contribution in [0.15, 0.2) is 48.5 Å². The summed E-state index contributed by atoms with van der Waals surface area (Å²) in [5.41, 5.74) is 6.15. The highest BCUT2D eigenvalue weighted by Crippen LogP contribution is 2.46. The predicted molar refractivity (Wildman–Crippen MR) is 234 cm³/mol. The third-order valence-electron chi connectivity index (χ3n) is 9.69. The van der Waals surface area contributed by atoms with Crippen LogP contribution < -0.4 is 49.6 Å². The summed E-state index contributed by atoms with van der Waals surface area (Å²) in [5, 5.41) is 4.59. The highest BCUT2D eigenvalue weighted by Gasteiger charge is 2.31. The van der Waals surface area contributed by atoms with Gasteiger partial charge >= 0.3 is 0 Å². The van der Waals surface area contributed by atoms with Gasteiger partial charge in [-0.15, -0.1) is 0 Å². The van der Waals surface area contributed by atoms with Crippen LogP contribution in [0.5, 0.6) is 34.5 Å². The van der Waals surface area contributed by atoms with E-state index in [9.17, 15) is 0 Å². The Morgan fingerprint density at radius 1 is 0.352 bits per heavy atom. The van der Waals surface area contributed by atoms with Crippen LogP contribution in [0.3, 0.4) is 0 Å². The molecule has 294 valence electrons. The number of rotatable bonds is 11. The zero-order valence-electron chi connectivity index (χ0n) is 36.1. The third-order valence-corrected chi connectivity index (χ3v) is 12.2. The Labute approximate surface area is 329 Å². The number of hydrogen-bond donors (Lipinski definition) is 0. The Morgan fingerprint density at radius 2 is 0.630 bits per heavy atom. The minimum absolute atomic E-state index is 0.135. The van der Waals surface area contributed by atoms with Crippen LogP contribution in [-0.4, -0.2) is 42.7 Å². The number of hydrogen-bond acceptors (Lipinski definition) is 6. The van der Waals surface area contributed by atoms with E-state index < -0.39 is 0 Å². The lowest BCUT2D eigenvalue weighted by atomic mass is 9.79. The van der Waals surface area contributed by atoms with Gasteiger partial charge in [-0.1, -0.05) is 100 Å². The summed E-state index contributed by atoms with van der Waals surface area (Å²) in [6, 6.07) is 17.5. The van der Waals surface area contributed by atoms with E-state index in [1.807, 2.05) is 12.1 Å². The van der Waals surface area contributed by atoms with Gasteiger partial charge in [-0.05, 0) is 79.3 Å². The molecule has 4 aromatic rings. The first-order chi connectivity index (χ1) is 25.0. The van der Waals surface area contributed by atoms with Crippen molar-refractivity contribution >= 4 is 38.4 Å². The largest absolute Gasteiger partial charge is 0.497 e. The van der Waals surface area contributed by atoms with Gasteiger partial charge in [0.15, 0.2) is 0 Å². The van der Waals surface area contributed by atoms with Crippen molar-refractivity contribution in [1.82, 2.24) is 0 Å². The number of ether oxygens (including phenoxy) is 6. The van der Waals surface area contributed by atoms with Crippen LogP contribution in [0.2, 0.25) is 0 Å². The fraction of sp³-hybridized carbons (Fsp3) is 0.478. The minimum atomic E-state index is -0.135. The second-order valence-corrected chi connectivity index (χ2v) is 20.7. The van der Waals surface area contributed by atoms with E-state index in [4.69, 9.17) is 28.4 Å². The Bertz CT molecular complexity index is 1760. The van der Waals surface area contributed by atoms with Gasteiger partial charge in [0, 0.05) is 45.5 Å². The summed E-state index contributed by atoms with van der Waals surface area (Å²) in [4.78, 5) is 0. The lowest BCUT2D eigenvalue weighted by Crippen LogP contribution is -2.23. The summed E-state index contributed by atoms with van der Waals surface area (Å²) < 4.78 is 36.5. The van der Waals surface area contributed by atoms with E-state index in [2.05, 4.69) is 119 Å². The van der Waals surface area contributed by atoms with Crippen LogP contribution >= 0.6 is 17.2 Å². The molecule has 54 heavy (non-hydrogen) atoms. The summed E-state index contributed by atoms with van der Waals surface area (Å²) in [6.07, 6.45) is 0. The van der Waals surface area contributed by atoms with E-state index in [0.29, 0.717) is 11.5 Å². The van der Waals surface area contributed by atoms with Crippen molar-refractivity contribution in [3.05, 3.63) is 70.8 Å². The molecule has 0 aliphatic carbocycles. The maximum Gasteiger partial charge on any atom is 0.131 e. The van der Waals surface area contributed by atoms with Crippen molar-refractivity contribution in [2.24, 2.45) is 0 Å². The molecule has 0 aromatic heterocycles. The highest BCUT2D eigenvalue weighted by molar-refractivity contribution is 7.56. The first-order valence-corrected chi connectivity index (χ1v) is 20.5. The van der Waals surface area contributed by atoms with Crippen molar-refractivity contribution in [1.29, 1.82) is 0 Å². The van der Waals surface area contributed by atoms with Gasteiger partial charge in [-0.25, -0.2) is 0 Å². The fourth-order valence-corrected chi connectivity index (χ4v) is 9.50. The molecule has 0 spiro atoms. The van der Waals surface area contributed by atoms with Crippen molar-refractivity contribution < 1.29 is 28.4 Å². The Balaban J connectivity index is 2.11. The van der Waals surface area contributed by atoms with Gasteiger partial charge in [-0.3, -0.25) is 0 Å². The normalized spacial score (nSPS) is 12.9. The van der Waals surface area contributed by atoms with Crippen molar-refractivity contribution in [3.63, 3.8) is 0 Å². The maximum absolute atomic E-state index is 6.24. The van der Waals surface area contributed by atoms with E-state index in [-0.39, 0.29) is 38.8 Å². The van der Waals surface area contributed by atoms with E-state index >= 15 is 0 Å². The first-order valence-electron chi connectivity index (χ1n) is 18.5. The molecule has 8 heteroatoms. The smallest absolute Gasteiger partial charge is 0.131 e. The molecule has 0 aliphatic rings. The molecule has 4 rings (SSSR count). The molecule has 4 aromatic carbocycles. The average Bonchev–Trinajstić information content (AvgIpc) is 3.08. The molecule has 2 unspecified atom stereocenters. The molecule has 0 heterocycles. The lowest BCUT2D eigenvalue weighted by molar-refractivity contribution is 0.381. The van der Waals surface area contributed by atoms with Gasteiger partial charge < -0.3 is 28.4 Å². The van der Waals surface area contributed by atoms with Gasteiger partial charge in [0.1, 0.15) is 34.5 Å². The first kappa shape index (κ1) is 43.3. The molecule has 6 nitrogen and oxygen atoms in total. The molecule has 0 bridgehead atoms. The molecule has 0 amide bonds. The van der Waals surface area contributed by atoms with Crippen LogP contribution in [-0.2, 0) is 21.7 Å². The zero-order chi connectivity index (χ0) is 40.6. The van der Waals surface area contributed by atoms with Crippen molar-refractivity contribution in [2.75, 3.05) is 42.7 Å². The molecule has 2 atom stereocenters. The SMILES string of the molecule is COc1cc(OC)c(-c2c(OC)cc(OC)cc2Pc2cc(C(C)(C)C)c(OC)c(C(C)(C)C)c2)c(Pc2cc(C(C)(C)C)c(OC)c(C(C)(C)C)c2)c1. The van der Waals surface area contributed by atoms with E-state index in [0.717, 1.165) is 44.7 Å². The number of benzene rings is 4. The summed E-state index contributed by atoms with van der Waals surface area (Å²) in [6.45, 7) is 26.9. The molecule has 0 fully saturated rings. The van der Waals surface area contributed by atoms with Crippen LogP contribution in [0.25, 0.3) is 11.1 Å². The van der Waals surface area contributed by atoms with Crippen LogP contribution in [0.4, 0.5) is 0 Å². The van der Waals surface area contributed by atoms with Crippen molar-refractivity contribution in [2.45, 2.75) is 105 Å². The Kier molecular flexibility index (Phi) is 13.1. The fourth-order valence-electron chi connectivity index (χ4n) is 6.83. The summed E-state index contributed by atoms with van der Waals surface area (Å²) in [7, 11) is 11.0. The van der Waals surface area contributed by atoms with Gasteiger partial charge in [-0.2, -0.15) is 0 Å². The molecular weight excluding hydrogens is 710 g/mol. The maximum atomic E-state index is 6.24. The minimum Gasteiger partial charge on any atom is -0.497 e. The molecule has 0 radical (unpaired) electrons. The second-order valence-electron chi connectivity index (χ2n) is 18.0. The Morgan fingerprint density at radius 3 is 0.833 bits per heavy atom.